The quantitative estimate of drug-likeness (QED) is 0.342. The molecule has 0 saturated carbocycles. The summed E-state index contributed by atoms with van der Waals surface area (Å²) in [6.07, 6.45) is 1.53. The predicted molar refractivity (Wildman–Crippen MR) is 116 cm³/mol. The van der Waals surface area contributed by atoms with E-state index in [-0.39, 0.29) is 11.9 Å². The van der Waals surface area contributed by atoms with Crippen molar-refractivity contribution in [1.29, 1.82) is 0 Å². The monoisotopic (exact) mass is 481 g/mol. The number of esters is 1. The Morgan fingerprint density at radius 1 is 1.23 bits per heavy atom. The maximum absolute atomic E-state index is 12.5. The fourth-order valence-electron chi connectivity index (χ4n) is 3.41. The second kappa shape index (κ2) is 8.01. The number of halogens is 2. The highest BCUT2D eigenvalue weighted by Gasteiger charge is 2.27. The summed E-state index contributed by atoms with van der Waals surface area (Å²) in [5.41, 5.74) is 5.11. The van der Waals surface area contributed by atoms with Crippen molar-refractivity contribution in [3.63, 3.8) is 0 Å². The minimum atomic E-state index is -0.317. The van der Waals surface area contributed by atoms with Gasteiger partial charge < -0.3 is 9.72 Å². The van der Waals surface area contributed by atoms with E-state index in [4.69, 9.17) is 16.3 Å². The molecule has 0 spiro atoms. The van der Waals surface area contributed by atoms with E-state index in [2.05, 4.69) is 58.8 Å². The Hall–Kier alpha value is -1.53. The summed E-state index contributed by atoms with van der Waals surface area (Å²) in [4.78, 5) is 16.0. The van der Waals surface area contributed by atoms with Gasteiger partial charge in [-0.25, -0.2) is 0 Å². The van der Waals surface area contributed by atoms with Gasteiger partial charge in [0.15, 0.2) is 0 Å². The Labute approximate surface area is 172 Å². The fraction of sp³-hybridized carbons (Fsp3) is 0.286. The van der Waals surface area contributed by atoms with E-state index in [1.54, 1.807) is 0 Å². The molecular weight excluding hydrogens is 461 g/mol. The maximum Gasteiger partial charge on any atom is 0.313 e. The summed E-state index contributed by atoms with van der Waals surface area (Å²) in [7, 11) is 1.45. The molecule has 0 aliphatic rings. The third-order valence-corrected chi connectivity index (χ3v) is 5.80. The van der Waals surface area contributed by atoms with Crippen LogP contribution in [0.4, 0.5) is 0 Å². The Bertz CT molecular complexity index is 964. The van der Waals surface area contributed by atoms with Crippen LogP contribution in [0.2, 0.25) is 5.02 Å². The lowest BCUT2D eigenvalue weighted by Crippen LogP contribution is -2.14. The van der Waals surface area contributed by atoms with Crippen molar-refractivity contribution in [2.24, 2.45) is 0 Å². The molecule has 5 heteroatoms. The van der Waals surface area contributed by atoms with E-state index in [9.17, 15) is 4.79 Å². The second-order valence-electron chi connectivity index (χ2n) is 6.25. The van der Waals surface area contributed by atoms with Gasteiger partial charge in [0.1, 0.15) is 0 Å². The second-order valence-corrected chi connectivity index (χ2v) is 7.90. The first-order chi connectivity index (χ1) is 12.5. The lowest BCUT2D eigenvalue weighted by atomic mass is 9.91. The van der Waals surface area contributed by atoms with Crippen LogP contribution in [0.1, 0.15) is 37.3 Å². The van der Waals surface area contributed by atoms with Crippen molar-refractivity contribution in [2.45, 2.75) is 32.6 Å². The maximum atomic E-state index is 12.5. The van der Waals surface area contributed by atoms with Gasteiger partial charge in [-0.3, -0.25) is 4.79 Å². The van der Waals surface area contributed by atoms with Crippen LogP contribution in [0.5, 0.6) is 0 Å². The molecule has 0 saturated heterocycles. The molecule has 1 atom stereocenters. The minimum absolute atomic E-state index is 0.210. The normalized spacial score (nSPS) is 12.3. The van der Waals surface area contributed by atoms with Gasteiger partial charge in [-0.2, -0.15) is 0 Å². The minimum Gasteiger partial charge on any atom is -0.469 e. The molecule has 0 aliphatic heterocycles. The van der Waals surface area contributed by atoms with E-state index in [1.807, 2.05) is 19.1 Å². The van der Waals surface area contributed by atoms with Crippen molar-refractivity contribution in [3.8, 4) is 11.3 Å². The van der Waals surface area contributed by atoms with E-state index < -0.39 is 0 Å². The van der Waals surface area contributed by atoms with E-state index in [0.717, 1.165) is 48.3 Å². The van der Waals surface area contributed by atoms with Gasteiger partial charge in [-0.05, 0) is 82.5 Å². The van der Waals surface area contributed by atoms with Gasteiger partial charge >= 0.3 is 5.97 Å². The number of aryl methyl sites for hydroxylation is 1. The number of rotatable bonds is 5. The molecular formula is C21H21ClINO2. The lowest BCUT2D eigenvalue weighted by molar-refractivity contribution is -0.142. The molecule has 0 aliphatic carbocycles. The van der Waals surface area contributed by atoms with Crippen LogP contribution in [-0.4, -0.2) is 18.1 Å². The average molecular weight is 482 g/mol. The number of methoxy groups -OCH3 is 1. The van der Waals surface area contributed by atoms with Crippen LogP contribution in [0.3, 0.4) is 0 Å². The largest absolute Gasteiger partial charge is 0.469 e. The number of carbonyl (C=O) groups excluding carboxylic acids is 1. The molecule has 0 fully saturated rings. The summed E-state index contributed by atoms with van der Waals surface area (Å²) in [6.45, 7) is 4.10. The van der Waals surface area contributed by atoms with E-state index >= 15 is 0 Å². The molecule has 3 rings (SSSR count). The number of nitrogens with one attached hydrogen (secondary N) is 1. The van der Waals surface area contributed by atoms with Crippen LogP contribution in [0.25, 0.3) is 22.2 Å². The zero-order chi connectivity index (χ0) is 18.8. The number of ether oxygens (including phenoxy) is 1. The van der Waals surface area contributed by atoms with E-state index in [1.165, 1.54) is 7.11 Å². The Morgan fingerprint density at radius 3 is 2.65 bits per heavy atom. The third kappa shape index (κ3) is 3.49. The summed E-state index contributed by atoms with van der Waals surface area (Å²) in [5.74, 6) is -0.527. The first-order valence-corrected chi connectivity index (χ1v) is 10.1. The third-order valence-electron chi connectivity index (χ3n) is 4.76. The van der Waals surface area contributed by atoms with Crippen molar-refractivity contribution >= 4 is 51.1 Å². The molecule has 1 heterocycles. The smallest absolute Gasteiger partial charge is 0.313 e. The van der Waals surface area contributed by atoms with Gasteiger partial charge in [-0.15, -0.1) is 0 Å². The zero-order valence-corrected chi connectivity index (χ0v) is 17.9. The van der Waals surface area contributed by atoms with Gasteiger partial charge in [0.2, 0.25) is 0 Å². The van der Waals surface area contributed by atoms with Crippen LogP contribution in [-0.2, 0) is 16.0 Å². The highest BCUT2D eigenvalue weighted by atomic mass is 127. The summed E-state index contributed by atoms with van der Waals surface area (Å²) >= 11 is 8.60. The molecule has 1 N–H and O–H groups in total. The molecule has 26 heavy (non-hydrogen) atoms. The van der Waals surface area contributed by atoms with Crippen LogP contribution >= 0.6 is 34.2 Å². The number of benzene rings is 2. The summed E-state index contributed by atoms with van der Waals surface area (Å²) in [6, 6.07) is 12.3. The van der Waals surface area contributed by atoms with Crippen LogP contribution in [0.15, 0.2) is 36.4 Å². The fourth-order valence-corrected chi connectivity index (χ4v) is 4.15. The topological polar surface area (TPSA) is 42.1 Å². The predicted octanol–water partition coefficient (Wildman–Crippen LogP) is 6.32. The number of fused-ring (bicyclic) bond motifs is 1. The molecule has 0 amide bonds. The first-order valence-electron chi connectivity index (χ1n) is 8.67. The SMILES string of the molecule is CCc1cc(-c2[nH]c3ccc(I)cc3c2C(CC)C(=O)OC)ccc1Cl. The first kappa shape index (κ1) is 19.2. The van der Waals surface area contributed by atoms with Gasteiger partial charge in [0, 0.05) is 19.5 Å². The van der Waals surface area contributed by atoms with Crippen molar-refractivity contribution < 1.29 is 9.53 Å². The van der Waals surface area contributed by atoms with Crippen LogP contribution in [0, 0.1) is 3.57 Å². The molecule has 0 bridgehead atoms. The number of carbonyl (C=O) groups is 1. The molecule has 3 nitrogen and oxygen atoms in total. The number of aromatic nitrogens is 1. The summed E-state index contributed by atoms with van der Waals surface area (Å²) < 4.78 is 6.22. The zero-order valence-electron chi connectivity index (χ0n) is 15.0. The van der Waals surface area contributed by atoms with Gasteiger partial charge in [0.05, 0.1) is 18.7 Å². The highest BCUT2D eigenvalue weighted by Crippen LogP contribution is 2.39. The lowest BCUT2D eigenvalue weighted by Gasteiger charge is -2.15. The van der Waals surface area contributed by atoms with Crippen LogP contribution < -0.4 is 0 Å². The summed E-state index contributed by atoms with van der Waals surface area (Å²) in [5, 5.41) is 1.83. The molecule has 2 aromatic carbocycles. The molecule has 3 aromatic rings. The van der Waals surface area contributed by atoms with Crippen molar-refractivity contribution in [1.82, 2.24) is 4.98 Å². The molecule has 0 radical (unpaired) electrons. The Kier molecular flexibility index (Phi) is 5.92. The molecule has 1 unspecified atom stereocenters. The number of hydrogen-bond donors (Lipinski definition) is 1. The van der Waals surface area contributed by atoms with Crippen molar-refractivity contribution in [2.75, 3.05) is 7.11 Å². The molecule has 1 aromatic heterocycles. The van der Waals surface area contributed by atoms with E-state index in [0.29, 0.717) is 6.42 Å². The Morgan fingerprint density at radius 2 is 2.00 bits per heavy atom. The number of H-pyrrole nitrogens is 1. The standard InChI is InChI=1S/C21H21ClINO2/c1-4-12-10-13(6-8-17(12)22)20-19(15(5-2)21(25)26-3)16-11-14(23)7-9-18(16)24-20/h6-11,15,24H,4-5H2,1-3H3. The molecule has 136 valence electrons. The Balaban J connectivity index is 2.31. The van der Waals surface area contributed by atoms with Gasteiger partial charge in [0.25, 0.3) is 0 Å². The highest BCUT2D eigenvalue weighted by molar-refractivity contribution is 14.1. The number of hydrogen-bond acceptors (Lipinski definition) is 2. The van der Waals surface area contributed by atoms with Crippen molar-refractivity contribution in [3.05, 3.63) is 56.1 Å². The number of aromatic amines is 1. The van der Waals surface area contributed by atoms with Gasteiger partial charge in [-0.1, -0.05) is 31.5 Å². The average Bonchev–Trinajstić information content (AvgIpc) is 3.01.